The van der Waals surface area contributed by atoms with Gasteiger partial charge in [0.25, 0.3) is 0 Å². The molecule has 3 rings (SSSR count). The van der Waals surface area contributed by atoms with Crippen molar-refractivity contribution in [2.75, 3.05) is 5.32 Å². The lowest BCUT2D eigenvalue weighted by Crippen LogP contribution is -1.97. The fraction of sp³-hybridized carbons (Fsp3) is 0.0714. The van der Waals surface area contributed by atoms with Crippen LogP contribution in [0.3, 0.4) is 0 Å². The molecule has 0 radical (unpaired) electrons. The molecule has 5 heteroatoms. The Morgan fingerprint density at radius 3 is 2.89 bits per heavy atom. The van der Waals surface area contributed by atoms with Gasteiger partial charge < -0.3 is 14.2 Å². The summed E-state index contributed by atoms with van der Waals surface area (Å²) in [5.41, 5.74) is 2.01. The number of nitrogens with one attached hydrogen (secondary N) is 1. The van der Waals surface area contributed by atoms with Gasteiger partial charge in [-0.25, -0.2) is 4.98 Å². The van der Waals surface area contributed by atoms with E-state index in [4.69, 9.17) is 8.83 Å². The minimum absolute atomic E-state index is 0.656. The van der Waals surface area contributed by atoms with Crippen LogP contribution in [-0.4, -0.2) is 4.98 Å². The van der Waals surface area contributed by atoms with E-state index in [0.717, 1.165) is 26.5 Å². The lowest BCUT2D eigenvalue weighted by atomic mass is 10.1. The number of rotatable bonds is 4. The zero-order valence-electron chi connectivity index (χ0n) is 9.97. The molecule has 0 saturated heterocycles. The first-order valence-corrected chi connectivity index (χ1v) is 6.86. The minimum atomic E-state index is 0.656. The summed E-state index contributed by atoms with van der Waals surface area (Å²) in [5.74, 6) is 1.67. The van der Waals surface area contributed by atoms with Crippen molar-refractivity contribution in [3.8, 4) is 11.3 Å². The van der Waals surface area contributed by atoms with Crippen LogP contribution in [0.25, 0.3) is 11.3 Å². The van der Waals surface area contributed by atoms with Gasteiger partial charge >= 0.3 is 0 Å². The Morgan fingerprint density at radius 2 is 2.16 bits per heavy atom. The maximum absolute atomic E-state index is 5.50. The number of benzene rings is 1. The van der Waals surface area contributed by atoms with Crippen LogP contribution in [-0.2, 0) is 6.54 Å². The second-order valence-corrected chi connectivity index (χ2v) is 5.07. The van der Waals surface area contributed by atoms with E-state index in [1.807, 2.05) is 36.4 Å². The normalized spacial score (nSPS) is 10.6. The van der Waals surface area contributed by atoms with Crippen molar-refractivity contribution in [3.05, 3.63) is 58.5 Å². The van der Waals surface area contributed by atoms with Gasteiger partial charge in [0, 0.05) is 11.3 Å². The predicted molar refractivity (Wildman–Crippen MR) is 80.7 cm³/mol. The molecule has 0 amide bonds. The predicted octanol–water partition coefficient (Wildman–Crippen LogP) is 4.15. The first kappa shape index (κ1) is 12.3. The highest BCUT2D eigenvalue weighted by Gasteiger charge is 2.03. The van der Waals surface area contributed by atoms with E-state index in [-0.39, 0.29) is 0 Å². The third kappa shape index (κ3) is 2.98. The van der Waals surface area contributed by atoms with Gasteiger partial charge in [0.1, 0.15) is 5.76 Å². The van der Waals surface area contributed by atoms with Gasteiger partial charge in [-0.2, -0.15) is 0 Å². The molecule has 0 aliphatic heterocycles. The van der Waals surface area contributed by atoms with Crippen molar-refractivity contribution in [1.29, 1.82) is 0 Å². The molecule has 0 aliphatic rings. The standard InChI is InChI=1S/C14H11IN2O2/c15-14-5-4-12(19-14)7-17-11-3-1-2-10(6-11)13-8-16-9-18-13/h1-6,8-9,17H,7H2. The summed E-state index contributed by atoms with van der Waals surface area (Å²) in [5, 5.41) is 3.32. The Morgan fingerprint density at radius 1 is 1.21 bits per heavy atom. The zero-order chi connectivity index (χ0) is 13.1. The molecule has 0 saturated carbocycles. The van der Waals surface area contributed by atoms with Crippen molar-refractivity contribution in [2.45, 2.75) is 6.54 Å². The van der Waals surface area contributed by atoms with Crippen LogP contribution in [0.4, 0.5) is 5.69 Å². The summed E-state index contributed by atoms with van der Waals surface area (Å²) < 4.78 is 11.7. The van der Waals surface area contributed by atoms with Gasteiger partial charge in [-0.15, -0.1) is 0 Å². The molecule has 0 atom stereocenters. The lowest BCUT2D eigenvalue weighted by Gasteiger charge is -2.05. The maximum Gasteiger partial charge on any atom is 0.181 e. The number of hydrogen-bond acceptors (Lipinski definition) is 4. The zero-order valence-corrected chi connectivity index (χ0v) is 12.1. The molecule has 2 aromatic heterocycles. The summed E-state index contributed by atoms with van der Waals surface area (Å²) >= 11 is 2.15. The quantitative estimate of drug-likeness (QED) is 0.705. The summed E-state index contributed by atoms with van der Waals surface area (Å²) in [7, 11) is 0. The summed E-state index contributed by atoms with van der Waals surface area (Å²) in [6.45, 7) is 0.656. The second-order valence-electron chi connectivity index (χ2n) is 4.01. The fourth-order valence-corrected chi connectivity index (χ4v) is 2.24. The van der Waals surface area contributed by atoms with Gasteiger partial charge in [-0.05, 0) is 46.9 Å². The smallest absolute Gasteiger partial charge is 0.181 e. The molecular formula is C14H11IN2O2. The Kier molecular flexibility index (Phi) is 3.54. The van der Waals surface area contributed by atoms with Crippen LogP contribution in [0.15, 0.2) is 57.8 Å². The number of aromatic nitrogens is 1. The molecule has 0 unspecified atom stereocenters. The van der Waals surface area contributed by atoms with Crippen molar-refractivity contribution in [1.82, 2.24) is 4.98 Å². The maximum atomic E-state index is 5.50. The van der Waals surface area contributed by atoms with Crippen LogP contribution in [0.2, 0.25) is 0 Å². The van der Waals surface area contributed by atoms with Crippen LogP contribution in [0.1, 0.15) is 5.76 Å². The number of anilines is 1. The molecule has 2 heterocycles. The van der Waals surface area contributed by atoms with E-state index < -0.39 is 0 Å². The largest absolute Gasteiger partial charge is 0.454 e. The molecule has 0 aliphatic carbocycles. The summed E-state index contributed by atoms with van der Waals surface area (Å²) in [6.07, 6.45) is 3.13. The molecule has 96 valence electrons. The molecule has 0 bridgehead atoms. The fourth-order valence-electron chi connectivity index (χ4n) is 1.78. The van der Waals surface area contributed by atoms with Crippen molar-refractivity contribution in [3.63, 3.8) is 0 Å². The summed E-state index contributed by atoms with van der Waals surface area (Å²) in [4.78, 5) is 3.92. The van der Waals surface area contributed by atoms with Crippen LogP contribution < -0.4 is 5.32 Å². The highest BCUT2D eigenvalue weighted by molar-refractivity contribution is 14.1. The van der Waals surface area contributed by atoms with Crippen molar-refractivity contribution < 1.29 is 8.83 Å². The van der Waals surface area contributed by atoms with Crippen molar-refractivity contribution >= 4 is 28.3 Å². The molecular weight excluding hydrogens is 355 g/mol. The third-order valence-electron chi connectivity index (χ3n) is 2.68. The number of hydrogen-bond donors (Lipinski definition) is 1. The third-order valence-corrected chi connectivity index (χ3v) is 3.25. The van der Waals surface area contributed by atoms with Gasteiger partial charge in [0.05, 0.1) is 12.7 Å². The molecule has 0 spiro atoms. The van der Waals surface area contributed by atoms with E-state index in [9.17, 15) is 0 Å². The van der Waals surface area contributed by atoms with Crippen LogP contribution in [0, 0.1) is 3.77 Å². The van der Waals surface area contributed by atoms with E-state index in [1.165, 1.54) is 6.39 Å². The van der Waals surface area contributed by atoms with Gasteiger partial charge in [-0.1, -0.05) is 12.1 Å². The van der Waals surface area contributed by atoms with E-state index in [2.05, 4.69) is 32.9 Å². The second kappa shape index (κ2) is 5.48. The first-order valence-electron chi connectivity index (χ1n) is 5.78. The Bertz CT molecular complexity index is 662. The SMILES string of the molecule is Ic1ccc(CNc2cccc(-c3cnco3)c2)o1. The molecule has 1 aromatic carbocycles. The highest BCUT2D eigenvalue weighted by atomic mass is 127. The average molecular weight is 366 g/mol. The Labute approximate surface area is 124 Å². The van der Waals surface area contributed by atoms with E-state index in [1.54, 1.807) is 6.20 Å². The number of furan rings is 1. The van der Waals surface area contributed by atoms with E-state index >= 15 is 0 Å². The van der Waals surface area contributed by atoms with Gasteiger partial charge in [-0.3, -0.25) is 0 Å². The molecule has 4 nitrogen and oxygen atoms in total. The number of nitrogens with zero attached hydrogens (tertiary/aromatic N) is 1. The molecule has 0 fully saturated rings. The average Bonchev–Trinajstić information content (AvgIpc) is 3.08. The highest BCUT2D eigenvalue weighted by Crippen LogP contribution is 2.22. The Hall–Kier alpha value is -1.76. The van der Waals surface area contributed by atoms with Crippen molar-refractivity contribution in [2.24, 2.45) is 0 Å². The van der Waals surface area contributed by atoms with Crippen LogP contribution >= 0.6 is 22.6 Å². The monoisotopic (exact) mass is 366 g/mol. The number of oxazole rings is 1. The minimum Gasteiger partial charge on any atom is -0.454 e. The molecule has 19 heavy (non-hydrogen) atoms. The molecule has 1 N–H and O–H groups in total. The van der Waals surface area contributed by atoms with Gasteiger partial charge in [0.2, 0.25) is 0 Å². The first-order chi connectivity index (χ1) is 9.31. The Balaban J connectivity index is 1.73. The summed E-state index contributed by atoms with van der Waals surface area (Å²) in [6, 6.07) is 11.9. The topological polar surface area (TPSA) is 51.2 Å². The van der Waals surface area contributed by atoms with Gasteiger partial charge in [0.15, 0.2) is 15.9 Å². The van der Waals surface area contributed by atoms with E-state index in [0.29, 0.717) is 6.54 Å². The lowest BCUT2D eigenvalue weighted by molar-refractivity contribution is 0.493. The molecule has 3 aromatic rings. The van der Waals surface area contributed by atoms with Crippen LogP contribution in [0.5, 0.6) is 0 Å². The number of halogens is 1.